The van der Waals surface area contributed by atoms with Crippen molar-refractivity contribution in [2.24, 2.45) is 0 Å². The third-order valence-corrected chi connectivity index (χ3v) is 2.00. The maximum absolute atomic E-state index is 8.82. The van der Waals surface area contributed by atoms with Gasteiger partial charge in [-0.15, -0.1) is 0 Å². The summed E-state index contributed by atoms with van der Waals surface area (Å²) < 4.78 is 1.79. The zero-order valence-electron chi connectivity index (χ0n) is 7.81. The second kappa shape index (κ2) is 3.35. The number of nitrogens with zero attached hydrogens (tertiary/aromatic N) is 3. The molecule has 0 bridgehead atoms. The lowest BCUT2D eigenvalue weighted by Gasteiger charge is -1.96. The van der Waals surface area contributed by atoms with E-state index in [2.05, 4.69) is 11.1 Å². The van der Waals surface area contributed by atoms with Gasteiger partial charge in [-0.25, -0.2) is 4.98 Å². The van der Waals surface area contributed by atoms with E-state index in [1.165, 1.54) is 0 Å². The predicted octanol–water partition coefficient (Wildman–Crippen LogP) is 2.24. The summed E-state index contributed by atoms with van der Waals surface area (Å²) in [7, 11) is 0. The molecule has 3 heteroatoms. The number of pyridine rings is 1. The number of allylic oxidation sites excluding steroid dienone is 1. The average Bonchev–Trinajstić information content (AvgIpc) is 2.60. The van der Waals surface area contributed by atoms with Crippen LogP contribution in [-0.4, -0.2) is 9.38 Å². The van der Waals surface area contributed by atoms with Crippen molar-refractivity contribution in [3.8, 4) is 6.07 Å². The maximum Gasteiger partial charge on any atom is 0.144 e. The van der Waals surface area contributed by atoms with Crippen molar-refractivity contribution in [3.63, 3.8) is 0 Å². The molecule has 68 valence electrons. The Hall–Kier alpha value is -2.08. The van der Waals surface area contributed by atoms with Crippen LogP contribution in [0.5, 0.6) is 0 Å². The first-order chi connectivity index (χ1) is 6.85. The maximum atomic E-state index is 8.82. The smallest absolute Gasteiger partial charge is 0.144 e. The molecule has 2 aromatic rings. The Labute approximate surface area is 81.9 Å². The van der Waals surface area contributed by atoms with Crippen LogP contribution in [0, 0.1) is 11.3 Å². The zero-order chi connectivity index (χ0) is 9.97. The Balaban J connectivity index is 2.68. The van der Waals surface area contributed by atoms with Crippen LogP contribution in [0.15, 0.2) is 30.6 Å². The molecule has 0 fully saturated rings. The molecular weight excluding hydrogens is 174 g/mol. The highest BCUT2D eigenvalue weighted by atomic mass is 15.0. The molecule has 0 saturated carbocycles. The number of aromatic nitrogens is 2. The summed E-state index contributed by atoms with van der Waals surface area (Å²) in [5, 5.41) is 8.82. The molecule has 0 atom stereocenters. The first kappa shape index (κ1) is 8.52. The van der Waals surface area contributed by atoms with Gasteiger partial charge < -0.3 is 0 Å². The van der Waals surface area contributed by atoms with Crippen LogP contribution in [0.3, 0.4) is 0 Å². The SMILES string of the molecule is C/C=C/c1ccc2ncc(C#N)n2c1. The van der Waals surface area contributed by atoms with Gasteiger partial charge in [0.25, 0.3) is 0 Å². The number of imidazole rings is 1. The molecule has 2 rings (SSSR count). The summed E-state index contributed by atoms with van der Waals surface area (Å²) in [6, 6.07) is 5.97. The third-order valence-electron chi connectivity index (χ3n) is 2.00. The Bertz CT molecular complexity index is 529. The highest BCUT2D eigenvalue weighted by Crippen LogP contribution is 2.09. The van der Waals surface area contributed by atoms with E-state index in [0.29, 0.717) is 5.69 Å². The van der Waals surface area contributed by atoms with Gasteiger partial charge in [-0.1, -0.05) is 12.2 Å². The summed E-state index contributed by atoms with van der Waals surface area (Å²) in [6.45, 7) is 1.96. The minimum absolute atomic E-state index is 0.561. The van der Waals surface area contributed by atoms with Crippen molar-refractivity contribution in [2.75, 3.05) is 0 Å². The van der Waals surface area contributed by atoms with Gasteiger partial charge in [0.05, 0.1) is 6.20 Å². The molecule has 0 aliphatic heterocycles. The summed E-state index contributed by atoms with van der Waals surface area (Å²) in [5.41, 5.74) is 2.43. The number of rotatable bonds is 1. The number of hydrogen-bond acceptors (Lipinski definition) is 2. The normalized spacial score (nSPS) is 10.9. The molecule has 2 heterocycles. The van der Waals surface area contributed by atoms with Crippen molar-refractivity contribution in [1.29, 1.82) is 5.26 Å². The summed E-state index contributed by atoms with van der Waals surface area (Å²) >= 11 is 0. The molecule has 0 amide bonds. The largest absolute Gasteiger partial charge is 0.291 e. The van der Waals surface area contributed by atoms with E-state index in [4.69, 9.17) is 5.26 Å². The lowest BCUT2D eigenvalue weighted by molar-refractivity contribution is 1.15. The minimum Gasteiger partial charge on any atom is -0.291 e. The van der Waals surface area contributed by atoms with Crippen LogP contribution in [0.1, 0.15) is 18.2 Å². The summed E-state index contributed by atoms with van der Waals surface area (Å²) in [4.78, 5) is 4.11. The third kappa shape index (κ3) is 1.27. The molecule has 0 aliphatic rings. The number of fused-ring (bicyclic) bond motifs is 1. The highest BCUT2D eigenvalue weighted by molar-refractivity contribution is 5.53. The fraction of sp³-hybridized carbons (Fsp3) is 0.0909. The Morgan fingerprint density at radius 3 is 3.07 bits per heavy atom. The van der Waals surface area contributed by atoms with E-state index in [-0.39, 0.29) is 0 Å². The topological polar surface area (TPSA) is 41.1 Å². The monoisotopic (exact) mass is 183 g/mol. The van der Waals surface area contributed by atoms with Crippen LogP contribution >= 0.6 is 0 Å². The van der Waals surface area contributed by atoms with Crippen molar-refractivity contribution < 1.29 is 0 Å². The summed E-state index contributed by atoms with van der Waals surface area (Å²) in [6.07, 6.45) is 7.43. The molecule has 0 spiro atoms. The number of hydrogen-bond donors (Lipinski definition) is 0. The molecule has 3 nitrogen and oxygen atoms in total. The number of nitriles is 1. The van der Waals surface area contributed by atoms with Gasteiger partial charge in [-0.3, -0.25) is 4.40 Å². The zero-order valence-corrected chi connectivity index (χ0v) is 7.81. The van der Waals surface area contributed by atoms with Crippen molar-refractivity contribution in [3.05, 3.63) is 41.9 Å². The molecule has 2 aromatic heterocycles. The van der Waals surface area contributed by atoms with Gasteiger partial charge >= 0.3 is 0 Å². The van der Waals surface area contributed by atoms with E-state index in [9.17, 15) is 0 Å². The fourth-order valence-corrected chi connectivity index (χ4v) is 1.37. The highest BCUT2D eigenvalue weighted by Gasteiger charge is 2.00. The first-order valence-corrected chi connectivity index (χ1v) is 4.35. The Morgan fingerprint density at radius 1 is 1.50 bits per heavy atom. The molecule has 0 unspecified atom stereocenters. The van der Waals surface area contributed by atoms with E-state index in [0.717, 1.165) is 11.2 Å². The standard InChI is InChI=1S/C11H9N3/c1-2-3-9-4-5-11-13-7-10(6-12)14(11)8-9/h2-5,7-8H,1H3/b3-2+. The van der Waals surface area contributed by atoms with Crippen LogP contribution in [0.2, 0.25) is 0 Å². The van der Waals surface area contributed by atoms with Crippen molar-refractivity contribution in [2.45, 2.75) is 6.92 Å². The second-order valence-corrected chi connectivity index (χ2v) is 2.95. The molecule has 0 aliphatic carbocycles. The van der Waals surface area contributed by atoms with Gasteiger partial charge in [0, 0.05) is 6.20 Å². The van der Waals surface area contributed by atoms with E-state index in [1.54, 1.807) is 10.6 Å². The Kier molecular flexibility index (Phi) is 2.04. The molecule has 0 N–H and O–H groups in total. The average molecular weight is 183 g/mol. The van der Waals surface area contributed by atoms with Gasteiger partial charge in [0.2, 0.25) is 0 Å². The van der Waals surface area contributed by atoms with Crippen LogP contribution in [0.4, 0.5) is 0 Å². The van der Waals surface area contributed by atoms with Crippen molar-refractivity contribution >= 4 is 11.7 Å². The van der Waals surface area contributed by atoms with Crippen LogP contribution < -0.4 is 0 Å². The Morgan fingerprint density at radius 2 is 2.36 bits per heavy atom. The second-order valence-electron chi connectivity index (χ2n) is 2.95. The van der Waals surface area contributed by atoms with Gasteiger partial charge in [-0.05, 0) is 24.6 Å². The van der Waals surface area contributed by atoms with Crippen LogP contribution in [0.25, 0.3) is 11.7 Å². The lowest BCUT2D eigenvalue weighted by atomic mass is 10.2. The first-order valence-electron chi connectivity index (χ1n) is 4.35. The fourth-order valence-electron chi connectivity index (χ4n) is 1.37. The van der Waals surface area contributed by atoms with E-state index < -0.39 is 0 Å². The minimum atomic E-state index is 0.561. The van der Waals surface area contributed by atoms with Gasteiger partial charge in [0.1, 0.15) is 17.4 Å². The molecule has 0 aromatic carbocycles. The van der Waals surface area contributed by atoms with Crippen LogP contribution in [-0.2, 0) is 0 Å². The van der Waals surface area contributed by atoms with E-state index in [1.807, 2.05) is 37.4 Å². The summed E-state index contributed by atoms with van der Waals surface area (Å²) in [5.74, 6) is 0. The molecular formula is C11H9N3. The van der Waals surface area contributed by atoms with E-state index >= 15 is 0 Å². The molecule has 0 radical (unpaired) electrons. The van der Waals surface area contributed by atoms with Gasteiger partial charge in [0.15, 0.2) is 0 Å². The lowest BCUT2D eigenvalue weighted by Crippen LogP contribution is -1.88. The van der Waals surface area contributed by atoms with Crippen molar-refractivity contribution in [1.82, 2.24) is 9.38 Å². The predicted molar refractivity (Wildman–Crippen MR) is 54.6 cm³/mol. The quantitative estimate of drug-likeness (QED) is 0.680. The molecule has 0 saturated heterocycles. The van der Waals surface area contributed by atoms with Gasteiger partial charge in [-0.2, -0.15) is 5.26 Å². The molecule has 14 heavy (non-hydrogen) atoms.